The summed E-state index contributed by atoms with van der Waals surface area (Å²) in [7, 11) is 2.79. The molecule has 0 saturated carbocycles. The fourth-order valence-electron chi connectivity index (χ4n) is 8.21. The highest BCUT2D eigenvalue weighted by molar-refractivity contribution is 5.99. The first-order valence-electron chi connectivity index (χ1n) is 21.8. The van der Waals surface area contributed by atoms with Crippen molar-refractivity contribution in [1.29, 1.82) is 0 Å². The number of allylic oxidation sites excluding steroid dienone is 2. The lowest BCUT2D eigenvalue weighted by molar-refractivity contribution is -0.143. The van der Waals surface area contributed by atoms with Crippen molar-refractivity contribution < 1.29 is 54.0 Å². The topological polar surface area (TPSA) is 231 Å². The molecule has 4 amide bonds. The van der Waals surface area contributed by atoms with Gasteiger partial charge in [0.1, 0.15) is 17.8 Å². The van der Waals surface area contributed by atoms with Gasteiger partial charge in [0, 0.05) is 62.8 Å². The van der Waals surface area contributed by atoms with Crippen molar-refractivity contribution in [1.82, 2.24) is 20.4 Å². The van der Waals surface area contributed by atoms with Gasteiger partial charge >= 0.3 is 5.97 Å². The highest BCUT2D eigenvalue weighted by Gasteiger charge is 2.39. The van der Waals surface area contributed by atoms with Crippen LogP contribution in [0.4, 0.5) is 0 Å². The van der Waals surface area contributed by atoms with E-state index in [2.05, 4.69) is 17.6 Å². The Morgan fingerprint density at radius 2 is 1.63 bits per heavy atom. The SMILES string of the molecule is CCCCCCCCc1ccc(C(=O)N(C)[C@H](CO)C(=O)N[C@H](C)C(=O)CCC(=O)N(C)[C@@H]2C(=O)C[C@@H](C)C(=O)N[C@H](C(=O)O)CC3=CCC(O)C(=C3)C3=C(O)C=C[C@H]2C3)cc1. The van der Waals surface area contributed by atoms with E-state index in [1.54, 1.807) is 30.4 Å². The van der Waals surface area contributed by atoms with Gasteiger partial charge in [0.25, 0.3) is 5.91 Å². The van der Waals surface area contributed by atoms with E-state index in [0.29, 0.717) is 22.3 Å². The highest BCUT2D eigenvalue weighted by Crippen LogP contribution is 2.37. The number of Topliss-reactive ketones (excluding diaryl/α,β-unsaturated/α-hetero) is 2. The molecule has 1 aromatic rings. The molecule has 0 radical (unpaired) electrons. The zero-order chi connectivity index (χ0) is 45.7. The van der Waals surface area contributed by atoms with Crippen LogP contribution in [0.25, 0.3) is 0 Å². The fraction of sp³-hybridized carbons (Fsp3) is 0.553. The molecule has 0 spiro atoms. The molecule has 4 rings (SSSR count). The minimum absolute atomic E-state index is 0.0327. The van der Waals surface area contributed by atoms with E-state index < -0.39 is 89.9 Å². The first-order valence-corrected chi connectivity index (χ1v) is 21.8. The Labute approximate surface area is 364 Å². The summed E-state index contributed by atoms with van der Waals surface area (Å²) in [5.74, 6) is -6.63. The molecule has 1 aromatic carbocycles. The Hall–Kier alpha value is -5.41. The summed E-state index contributed by atoms with van der Waals surface area (Å²) in [5.41, 5.74) is 2.65. The van der Waals surface area contributed by atoms with Crippen LogP contribution in [0.2, 0.25) is 0 Å². The van der Waals surface area contributed by atoms with Gasteiger partial charge in [-0.3, -0.25) is 28.8 Å². The Bertz CT molecular complexity index is 1950. The third-order valence-electron chi connectivity index (χ3n) is 12.2. The number of carbonyl (C=O) groups excluding carboxylic acids is 6. The molecule has 1 aliphatic heterocycles. The maximum Gasteiger partial charge on any atom is 0.326 e. The average Bonchev–Trinajstić information content (AvgIpc) is 3.24. The van der Waals surface area contributed by atoms with Gasteiger partial charge in [0.05, 0.1) is 24.8 Å². The summed E-state index contributed by atoms with van der Waals surface area (Å²) in [5, 5.41) is 47.0. The lowest BCUT2D eigenvalue weighted by atomic mass is 9.78. The van der Waals surface area contributed by atoms with Crippen molar-refractivity contribution in [2.75, 3.05) is 20.7 Å². The number of carboxylic acid groups (broad SMARTS) is 1. The molecule has 7 atom stereocenters. The monoisotopic (exact) mass is 860 g/mol. The van der Waals surface area contributed by atoms with Crippen molar-refractivity contribution in [3.8, 4) is 0 Å². The van der Waals surface area contributed by atoms with Gasteiger partial charge in [-0.25, -0.2) is 4.79 Å². The zero-order valence-corrected chi connectivity index (χ0v) is 36.6. The molecule has 0 fully saturated rings. The Balaban J connectivity index is 1.40. The molecule has 1 unspecified atom stereocenters. The summed E-state index contributed by atoms with van der Waals surface area (Å²) in [6.45, 7) is 4.39. The first-order chi connectivity index (χ1) is 29.5. The van der Waals surface area contributed by atoms with Crippen LogP contribution in [0.5, 0.6) is 0 Å². The van der Waals surface area contributed by atoms with E-state index in [9.17, 15) is 54.0 Å². The standard InChI is InChI=1S/C47H64N4O11/c1-6-7-8-9-10-11-12-30-13-16-32(17-14-30)46(60)50(4)37(27-52)45(59)48-29(3)38(53)21-22-42(57)51(5)43-33-18-20-40(55)35(26-33)34-24-31(15-19-39(34)54)25-36(47(61)62)49-44(58)28(2)23-41(43)56/h13-18,20,24,28-29,33,36-37,39,43,52,54-55H,6-12,19,21-23,25-27H2,1-5H3,(H,48,59)(H,49,58)(H,61,62)/t28-,29-,33+,36+,37-,39?,43+/m1/s1. The molecule has 15 heteroatoms. The minimum atomic E-state index is -1.33. The average molecular weight is 861 g/mol. The number of hydrogen-bond donors (Lipinski definition) is 6. The van der Waals surface area contributed by atoms with Gasteiger partial charge in [0.15, 0.2) is 11.6 Å². The summed E-state index contributed by atoms with van der Waals surface area (Å²) in [6, 6.07) is 2.25. The molecule has 6 N–H and O–H groups in total. The molecule has 4 bridgehead atoms. The Kier molecular flexibility index (Phi) is 18.4. The van der Waals surface area contributed by atoms with E-state index in [1.807, 2.05) is 12.1 Å². The second kappa shape index (κ2) is 23.2. The molecule has 0 aromatic heterocycles. The Morgan fingerprint density at radius 3 is 2.29 bits per heavy atom. The van der Waals surface area contributed by atoms with Crippen LogP contribution in [-0.4, -0.2) is 122 Å². The number of nitrogens with zero attached hydrogens (tertiary/aromatic N) is 2. The zero-order valence-electron chi connectivity index (χ0n) is 36.6. The van der Waals surface area contributed by atoms with Crippen molar-refractivity contribution in [2.45, 2.75) is 135 Å². The van der Waals surface area contributed by atoms with Crippen LogP contribution in [-0.2, 0) is 35.2 Å². The number of hydrogen-bond acceptors (Lipinski definition) is 10. The maximum absolute atomic E-state index is 14.1. The quantitative estimate of drug-likeness (QED) is 0.114. The number of aliphatic hydroxyl groups is 3. The van der Waals surface area contributed by atoms with Crippen LogP contribution in [0.15, 0.2) is 71.0 Å². The smallest absolute Gasteiger partial charge is 0.326 e. The molecule has 3 aliphatic rings. The van der Waals surface area contributed by atoms with E-state index in [0.717, 1.165) is 29.7 Å². The summed E-state index contributed by atoms with van der Waals surface area (Å²) in [6.07, 6.45) is 12.2. The normalized spacial score (nSPS) is 22.6. The number of aliphatic carboxylic acids is 1. The van der Waals surface area contributed by atoms with Crippen molar-refractivity contribution >= 4 is 41.2 Å². The van der Waals surface area contributed by atoms with Crippen LogP contribution >= 0.6 is 0 Å². The number of benzene rings is 1. The van der Waals surface area contributed by atoms with Gasteiger partial charge in [-0.15, -0.1) is 0 Å². The van der Waals surface area contributed by atoms with Crippen LogP contribution in [0, 0.1) is 11.8 Å². The number of nitrogens with one attached hydrogen (secondary N) is 2. The number of aryl methyl sites for hydroxylation is 1. The van der Waals surface area contributed by atoms with Gasteiger partial charge in [-0.2, -0.15) is 0 Å². The Morgan fingerprint density at radius 1 is 0.952 bits per heavy atom. The predicted octanol–water partition coefficient (Wildman–Crippen LogP) is 4.28. The van der Waals surface area contributed by atoms with Gasteiger partial charge in [-0.1, -0.05) is 76.3 Å². The van der Waals surface area contributed by atoms with Crippen LogP contribution < -0.4 is 10.6 Å². The molecule has 338 valence electrons. The summed E-state index contributed by atoms with van der Waals surface area (Å²) in [4.78, 5) is 95.4. The van der Waals surface area contributed by atoms with Crippen LogP contribution in [0.1, 0.15) is 114 Å². The number of rotatable bonds is 18. The third kappa shape index (κ3) is 13.1. The number of amides is 4. The third-order valence-corrected chi connectivity index (χ3v) is 12.2. The number of likely N-dealkylation sites (N-methyl/N-ethyl adjacent to an activating group) is 2. The lowest BCUT2D eigenvalue weighted by Gasteiger charge is -2.36. The second-order valence-electron chi connectivity index (χ2n) is 16.9. The number of fused-ring (bicyclic) bond motifs is 4. The second-order valence-corrected chi connectivity index (χ2v) is 16.9. The molecular weight excluding hydrogens is 797 g/mol. The van der Waals surface area contributed by atoms with E-state index in [1.165, 1.54) is 64.6 Å². The van der Waals surface area contributed by atoms with Gasteiger partial charge < -0.3 is 40.9 Å². The maximum atomic E-state index is 14.1. The van der Waals surface area contributed by atoms with E-state index in [4.69, 9.17) is 0 Å². The lowest BCUT2D eigenvalue weighted by Crippen LogP contribution is -2.53. The number of carbonyl (C=O) groups is 7. The molecule has 62 heavy (non-hydrogen) atoms. The molecular formula is C47H64N4O11. The molecule has 2 aliphatic carbocycles. The molecule has 0 saturated heterocycles. The largest absolute Gasteiger partial charge is 0.508 e. The molecule has 15 nitrogen and oxygen atoms in total. The first kappa shape index (κ1) is 49.2. The minimum Gasteiger partial charge on any atom is -0.508 e. The van der Waals surface area contributed by atoms with Gasteiger partial charge in [0.2, 0.25) is 17.7 Å². The summed E-state index contributed by atoms with van der Waals surface area (Å²) >= 11 is 0. The van der Waals surface area contributed by atoms with Crippen molar-refractivity contribution in [3.63, 3.8) is 0 Å². The van der Waals surface area contributed by atoms with Crippen molar-refractivity contribution in [2.24, 2.45) is 11.8 Å². The fourth-order valence-corrected chi connectivity index (χ4v) is 8.21. The number of unbranched alkanes of at least 4 members (excludes halogenated alkanes) is 5. The predicted molar refractivity (Wildman–Crippen MR) is 232 cm³/mol. The number of aliphatic hydroxyl groups excluding tert-OH is 3. The number of ketones is 2. The van der Waals surface area contributed by atoms with E-state index in [-0.39, 0.29) is 44.3 Å². The number of carboxylic acids is 1. The summed E-state index contributed by atoms with van der Waals surface area (Å²) < 4.78 is 0. The van der Waals surface area contributed by atoms with E-state index >= 15 is 0 Å². The van der Waals surface area contributed by atoms with Gasteiger partial charge in [-0.05, 0) is 67.5 Å². The molecule has 1 heterocycles. The van der Waals surface area contributed by atoms with Crippen molar-refractivity contribution in [3.05, 3.63) is 82.2 Å². The highest BCUT2D eigenvalue weighted by atomic mass is 16.4. The van der Waals surface area contributed by atoms with Crippen LogP contribution in [0.3, 0.4) is 0 Å².